The molecule has 1 aromatic heterocycles. The Morgan fingerprint density at radius 3 is 2.67 bits per heavy atom. The fourth-order valence-electron chi connectivity index (χ4n) is 4.34. The van der Waals surface area contributed by atoms with E-state index in [0.717, 1.165) is 61.5 Å². The summed E-state index contributed by atoms with van der Waals surface area (Å²) in [6.07, 6.45) is 4.94. The molecule has 2 N–H and O–H groups in total. The van der Waals surface area contributed by atoms with Gasteiger partial charge in [-0.15, -0.1) is 0 Å². The van der Waals surface area contributed by atoms with Crippen molar-refractivity contribution in [2.24, 2.45) is 5.92 Å². The molecule has 2 heterocycles. The quantitative estimate of drug-likeness (QED) is 0.716. The Balaban J connectivity index is 1.50. The number of nitrogens with zero attached hydrogens (tertiary/aromatic N) is 3. The van der Waals surface area contributed by atoms with Crippen LogP contribution in [0, 0.1) is 5.92 Å². The maximum Gasteiger partial charge on any atom is 0.224 e. The van der Waals surface area contributed by atoms with Gasteiger partial charge in [0.05, 0.1) is 5.92 Å². The summed E-state index contributed by atoms with van der Waals surface area (Å²) in [4.78, 5) is 35.7. The van der Waals surface area contributed by atoms with Gasteiger partial charge in [0.15, 0.2) is 5.82 Å². The molecule has 1 fully saturated rings. The highest BCUT2D eigenvalue weighted by Crippen LogP contribution is 2.33. The van der Waals surface area contributed by atoms with Crippen LogP contribution in [0.4, 0.5) is 5.82 Å². The molecule has 1 aliphatic carbocycles. The third kappa shape index (κ3) is 4.61. The van der Waals surface area contributed by atoms with Gasteiger partial charge in [0.2, 0.25) is 11.8 Å². The van der Waals surface area contributed by atoms with E-state index in [2.05, 4.69) is 15.5 Å². The molecule has 0 saturated carbocycles. The Labute approximate surface area is 177 Å². The number of aryl methyl sites for hydroxylation is 1. The zero-order chi connectivity index (χ0) is 20.9. The second-order valence-corrected chi connectivity index (χ2v) is 8.07. The van der Waals surface area contributed by atoms with E-state index in [1.807, 2.05) is 30.3 Å². The van der Waals surface area contributed by atoms with Crippen molar-refractivity contribution in [2.45, 2.75) is 39.0 Å². The average molecular weight is 408 g/mol. The molecule has 7 heteroatoms. The molecular weight excluding hydrogens is 378 g/mol. The zero-order valence-electron chi connectivity index (χ0n) is 17.5. The van der Waals surface area contributed by atoms with Crippen LogP contribution in [-0.4, -0.2) is 48.0 Å². The summed E-state index contributed by atoms with van der Waals surface area (Å²) in [5.74, 6) is 1.68. The summed E-state index contributed by atoms with van der Waals surface area (Å²) in [5.41, 5.74) is 3.43. The van der Waals surface area contributed by atoms with Crippen molar-refractivity contribution < 1.29 is 9.59 Å². The molecule has 1 atom stereocenters. The maximum atomic E-state index is 12.7. The lowest BCUT2D eigenvalue weighted by Crippen LogP contribution is -2.45. The summed E-state index contributed by atoms with van der Waals surface area (Å²) in [6.45, 7) is 3.97. The third-order valence-corrected chi connectivity index (χ3v) is 5.83. The van der Waals surface area contributed by atoms with Gasteiger partial charge in [-0.05, 0) is 32.1 Å². The molecule has 1 aliphatic heterocycles. The van der Waals surface area contributed by atoms with Crippen LogP contribution in [0.5, 0.6) is 0 Å². The van der Waals surface area contributed by atoms with Crippen molar-refractivity contribution in [2.75, 3.05) is 31.1 Å². The number of benzene rings is 1. The molecule has 2 aliphatic rings. The molecular formula is C23H29N5O2. The van der Waals surface area contributed by atoms with Crippen LogP contribution in [0.2, 0.25) is 0 Å². The molecule has 0 bridgehead atoms. The monoisotopic (exact) mass is 407 g/mol. The number of piperidine rings is 1. The topological polar surface area (TPSA) is 87.2 Å². The number of carbonyl (C=O) groups is 2. The average Bonchev–Trinajstić information content (AvgIpc) is 3.25. The molecule has 1 saturated heterocycles. The van der Waals surface area contributed by atoms with Crippen LogP contribution in [0.25, 0.3) is 11.4 Å². The summed E-state index contributed by atoms with van der Waals surface area (Å²) in [5, 5.41) is 5.66. The number of hydrogen-bond acceptors (Lipinski definition) is 5. The minimum Gasteiger partial charge on any atom is -0.355 e. The molecule has 0 radical (unpaired) electrons. The molecule has 7 nitrogen and oxygen atoms in total. The molecule has 2 amide bonds. The summed E-state index contributed by atoms with van der Waals surface area (Å²) in [7, 11) is 0. The smallest absolute Gasteiger partial charge is 0.224 e. The summed E-state index contributed by atoms with van der Waals surface area (Å²) >= 11 is 0. The predicted molar refractivity (Wildman–Crippen MR) is 116 cm³/mol. The minimum absolute atomic E-state index is 0.0547. The SMILES string of the molecule is CC(=O)NCCNC(=O)C1CCCN(c2nc(-c3ccccc3)nc3c2CCC3)C1. The first-order valence-electron chi connectivity index (χ1n) is 10.8. The standard InChI is InChI=1S/C23H29N5O2/c1-16(29)24-12-13-25-23(30)18-9-6-14-28(15-18)22-19-10-5-11-20(19)26-21(27-22)17-7-3-2-4-8-17/h2-4,7-8,18H,5-6,9-15H2,1H3,(H,24,29)(H,25,30). The van der Waals surface area contributed by atoms with Gasteiger partial charge in [0.1, 0.15) is 5.82 Å². The van der Waals surface area contributed by atoms with Crippen LogP contribution in [0.3, 0.4) is 0 Å². The van der Waals surface area contributed by atoms with E-state index in [4.69, 9.17) is 9.97 Å². The van der Waals surface area contributed by atoms with Gasteiger partial charge in [-0.3, -0.25) is 9.59 Å². The van der Waals surface area contributed by atoms with Crippen molar-refractivity contribution >= 4 is 17.6 Å². The lowest BCUT2D eigenvalue weighted by atomic mass is 9.96. The van der Waals surface area contributed by atoms with E-state index in [9.17, 15) is 9.59 Å². The number of amides is 2. The third-order valence-electron chi connectivity index (χ3n) is 5.83. The Hall–Kier alpha value is -2.96. The maximum absolute atomic E-state index is 12.7. The Morgan fingerprint density at radius 1 is 1.07 bits per heavy atom. The molecule has 1 unspecified atom stereocenters. The number of nitrogens with one attached hydrogen (secondary N) is 2. The lowest BCUT2D eigenvalue weighted by Gasteiger charge is -2.34. The van der Waals surface area contributed by atoms with Gasteiger partial charge in [0, 0.05) is 49.9 Å². The first kappa shape index (κ1) is 20.3. The molecule has 1 aromatic carbocycles. The van der Waals surface area contributed by atoms with E-state index in [-0.39, 0.29) is 17.7 Å². The van der Waals surface area contributed by atoms with Gasteiger partial charge in [0.25, 0.3) is 0 Å². The van der Waals surface area contributed by atoms with Gasteiger partial charge in [-0.2, -0.15) is 0 Å². The highest BCUT2D eigenvalue weighted by molar-refractivity contribution is 5.80. The highest BCUT2D eigenvalue weighted by atomic mass is 16.2. The molecule has 2 aromatic rings. The van der Waals surface area contributed by atoms with Crippen molar-refractivity contribution in [3.8, 4) is 11.4 Å². The van der Waals surface area contributed by atoms with Crippen molar-refractivity contribution in [3.63, 3.8) is 0 Å². The van der Waals surface area contributed by atoms with Gasteiger partial charge < -0.3 is 15.5 Å². The van der Waals surface area contributed by atoms with Gasteiger partial charge in [-0.1, -0.05) is 30.3 Å². The molecule has 0 spiro atoms. The summed E-state index contributed by atoms with van der Waals surface area (Å²) < 4.78 is 0. The Morgan fingerprint density at radius 2 is 1.87 bits per heavy atom. The zero-order valence-corrected chi connectivity index (χ0v) is 17.5. The van der Waals surface area contributed by atoms with E-state index >= 15 is 0 Å². The number of anilines is 1. The van der Waals surface area contributed by atoms with Crippen molar-refractivity contribution in [1.29, 1.82) is 0 Å². The molecule has 4 rings (SSSR count). The first-order chi connectivity index (χ1) is 14.6. The fraction of sp³-hybridized carbons (Fsp3) is 0.478. The van der Waals surface area contributed by atoms with Crippen LogP contribution in [0.1, 0.15) is 37.4 Å². The van der Waals surface area contributed by atoms with E-state index < -0.39 is 0 Å². The lowest BCUT2D eigenvalue weighted by molar-refractivity contribution is -0.125. The van der Waals surface area contributed by atoms with Crippen molar-refractivity contribution in [3.05, 3.63) is 41.6 Å². The van der Waals surface area contributed by atoms with Crippen molar-refractivity contribution in [1.82, 2.24) is 20.6 Å². The number of carbonyl (C=O) groups excluding carboxylic acids is 2. The number of fused-ring (bicyclic) bond motifs is 1. The number of aromatic nitrogens is 2. The predicted octanol–water partition coefficient (Wildman–Crippen LogP) is 2.10. The Kier molecular flexibility index (Phi) is 6.26. The largest absolute Gasteiger partial charge is 0.355 e. The Bertz CT molecular complexity index is 915. The molecule has 30 heavy (non-hydrogen) atoms. The van der Waals surface area contributed by atoms with Crippen LogP contribution in [-0.2, 0) is 22.4 Å². The van der Waals surface area contributed by atoms with Gasteiger partial charge >= 0.3 is 0 Å². The van der Waals surface area contributed by atoms with E-state index in [0.29, 0.717) is 19.6 Å². The fourth-order valence-corrected chi connectivity index (χ4v) is 4.34. The minimum atomic E-state index is -0.0834. The van der Waals surface area contributed by atoms with Gasteiger partial charge in [-0.25, -0.2) is 9.97 Å². The van der Waals surface area contributed by atoms with Crippen LogP contribution in [0.15, 0.2) is 30.3 Å². The van der Waals surface area contributed by atoms with Crippen LogP contribution < -0.4 is 15.5 Å². The van der Waals surface area contributed by atoms with E-state index in [1.54, 1.807) is 0 Å². The second-order valence-electron chi connectivity index (χ2n) is 8.07. The second kappa shape index (κ2) is 9.24. The molecule has 158 valence electrons. The first-order valence-corrected chi connectivity index (χ1v) is 10.8. The van der Waals surface area contributed by atoms with Crippen LogP contribution >= 0.6 is 0 Å². The normalized spacial score (nSPS) is 18.0. The number of rotatable bonds is 6. The van der Waals surface area contributed by atoms with E-state index in [1.165, 1.54) is 12.5 Å². The highest BCUT2D eigenvalue weighted by Gasteiger charge is 2.30. The number of hydrogen-bond donors (Lipinski definition) is 2. The summed E-state index contributed by atoms with van der Waals surface area (Å²) in [6, 6.07) is 10.1.